The van der Waals surface area contributed by atoms with Crippen LogP contribution in [0.3, 0.4) is 0 Å². The molecule has 0 aromatic carbocycles. The molecule has 4 fully saturated rings. The summed E-state index contributed by atoms with van der Waals surface area (Å²) in [6, 6.07) is -0.480. The van der Waals surface area contributed by atoms with Gasteiger partial charge in [0.1, 0.15) is 11.6 Å². The third-order valence-electron chi connectivity index (χ3n) is 8.06. The van der Waals surface area contributed by atoms with Crippen LogP contribution in [0.1, 0.15) is 58.3 Å². The molecule has 0 aromatic rings. The van der Waals surface area contributed by atoms with Gasteiger partial charge in [-0.3, -0.25) is 14.4 Å². The summed E-state index contributed by atoms with van der Waals surface area (Å²) >= 11 is 0. The van der Waals surface area contributed by atoms with E-state index in [0.29, 0.717) is 0 Å². The highest BCUT2D eigenvalue weighted by molar-refractivity contribution is 6.00. The topological polar surface area (TPSA) is 87.7 Å². The Morgan fingerprint density at radius 2 is 1.68 bits per heavy atom. The number of ether oxygens (including phenoxy) is 1. The summed E-state index contributed by atoms with van der Waals surface area (Å²) in [5, 5.41) is 6.32. The molecule has 3 heterocycles. The molecule has 2 saturated carbocycles. The Kier molecular flexibility index (Phi) is 5.00. The number of nitrogens with zero attached hydrogens (tertiary/aromatic N) is 1. The number of carbonyl (C=O) groups excluding carboxylic acids is 3. The van der Waals surface area contributed by atoms with Gasteiger partial charge in [0, 0.05) is 18.6 Å². The molecular weight excluding hydrogens is 394 g/mol. The van der Waals surface area contributed by atoms with Gasteiger partial charge in [0.05, 0.1) is 17.4 Å². The van der Waals surface area contributed by atoms with Gasteiger partial charge < -0.3 is 20.3 Å². The lowest BCUT2D eigenvalue weighted by Crippen LogP contribution is -2.56. The molecule has 5 atom stereocenters. The monoisotopic (exact) mass is 427 g/mol. The fraction of sp³-hybridized carbons (Fsp3) is 0.708. The van der Waals surface area contributed by atoms with Crippen molar-refractivity contribution in [3.63, 3.8) is 0 Å². The zero-order valence-corrected chi connectivity index (χ0v) is 18.3. The number of hydrogen-bond donors (Lipinski definition) is 2. The van der Waals surface area contributed by atoms with Gasteiger partial charge in [-0.05, 0) is 32.6 Å². The van der Waals surface area contributed by atoms with Crippen molar-refractivity contribution in [2.45, 2.75) is 87.6 Å². The molecule has 5 rings (SSSR count). The number of hydrogen-bond acceptors (Lipinski definition) is 4. The Hall–Kier alpha value is -2.15. The fourth-order valence-electron chi connectivity index (χ4n) is 6.68. The van der Waals surface area contributed by atoms with Gasteiger partial charge in [-0.2, -0.15) is 0 Å². The molecule has 0 unspecified atom stereocenters. The third kappa shape index (κ3) is 3.07. The quantitative estimate of drug-likeness (QED) is 0.633. The highest BCUT2D eigenvalue weighted by atomic mass is 16.5. The van der Waals surface area contributed by atoms with Crippen LogP contribution in [-0.4, -0.2) is 58.5 Å². The molecule has 2 bridgehead atoms. The van der Waals surface area contributed by atoms with Crippen LogP contribution in [0.2, 0.25) is 0 Å². The Balaban J connectivity index is 1.46. The number of likely N-dealkylation sites (tertiary alicyclic amines) is 1. The Bertz CT molecular complexity index is 829. The van der Waals surface area contributed by atoms with E-state index in [4.69, 9.17) is 4.74 Å². The molecule has 0 radical (unpaired) electrons. The molecule has 7 heteroatoms. The van der Waals surface area contributed by atoms with Gasteiger partial charge in [-0.1, -0.05) is 43.9 Å². The second kappa shape index (κ2) is 7.47. The van der Waals surface area contributed by atoms with Crippen molar-refractivity contribution in [3.05, 3.63) is 24.8 Å². The van der Waals surface area contributed by atoms with Gasteiger partial charge in [0.2, 0.25) is 17.7 Å². The van der Waals surface area contributed by atoms with Crippen molar-refractivity contribution in [1.29, 1.82) is 0 Å². The fourth-order valence-corrected chi connectivity index (χ4v) is 6.68. The largest absolute Gasteiger partial charge is 0.356 e. The van der Waals surface area contributed by atoms with Gasteiger partial charge >= 0.3 is 0 Å². The zero-order valence-electron chi connectivity index (χ0n) is 18.3. The van der Waals surface area contributed by atoms with Crippen LogP contribution >= 0.6 is 0 Å². The summed E-state index contributed by atoms with van der Waals surface area (Å²) in [7, 11) is 0. The zero-order chi connectivity index (χ0) is 21.8. The maximum Gasteiger partial charge on any atom is 0.246 e. The van der Waals surface area contributed by atoms with E-state index in [9.17, 15) is 14.4 Å². The molecule has 0 aromatic heterocycles. The molecule has 5 aliphatic rings. The van der Waals surface area contributed by atoms with E-state index in [1.54, 1.807) is 11.0 Å². The number of carbonyl (C=O) groups is 3. The second-order valence-electron chi connectivity index (χ2n) is 10.1. The smallest absolute Gasteiger partial charge is 0.246 e. The molecular formula is C24H33N3O4. The Morgan fingerprint density at radius 3 is 2.26 bits per heavy atom. The average molecular weight is 428 g/mol. The molecule has 3 aliphatic heterocycles. The summed E-state index contributed by atoms with van der Waals surface area (Å²) < 4.78 is 6.49. The molecule has 2 aliphatic carbocycles. The summed E-state index contributed by atoms with van der Waals surface area (Å²) in [5.74, 6) is -1.83. The molecule has 168 valence electrons. The van der Waals surface area contributed by atoms with Gasteiger partial charge in [0.15, 0.2) is 0 Å². The molecule has 3 amide bonds. The first-order chi connectivity index (χ1) is 14.9. The highest BCUT2D eigenvalue weighted by Crippen LogP contribution is 2.59. The van der Waals surface area contributed by atoms with Crippen LogP contribution < -0.4 is 10.6 Å². The molecule has 2 saturated heterocycles. The maximum atomic E-state index is 13.6. The van der Waals surface area contributed by atoms with E-state index >= 15 is 0 Å². The van der Waals surface area contributed by atoms with Crippen LogP contribution in [0, 0.1) is 11.8 Å². The molecule has 7 nitrogen and oxygen atoms in total. The van der Waals surface area contributed by atoms with Crippen LogP contribution in [0.15, 0.2) is 24.8 Å². The number of fused-ring (bicyclic) bond motifs is 1. The summed E-state index contributed by atoms with van der Waals surface area (Å²) in [6.07, 6.45) is 13.7. The van der Waals surface area contributed by atoms with Gasteiger partial charge in [-0.25, -0.2) is 0 Å². The Labute approximate surface area is 183 Å². The summed E-state index contributed by atoms with van der Waals surface area (Å²) in [6.45, 7) is 5.90. The van der Waals surface area contributed by atoms with E-state index in [2.05, 4.69) is 17.2 Å². The van der Waals surface area contributed by atoms with Crippen molar-refractivity contribution in [2.75, 3.05) is 6.54 Å². The van der Waals surface area contributed by atoms with Gasteiger partial charge in [0.25, 0.3) is 0 Å². The first-order valence-electron chi connectivity index (χ1n) is 11.8. The lowest BCUT2D eigenvalue weighted by molar-refractivity contribution is -0.144. The van der Waals surface area contributed by atoms with Crippen molar-refractivity contribution < 1.29 is 19.1 Å². The molecule has 1 spiro atoms. The van der Waals surface area contributed by atoms with Crippen LogP contribution in [0.25, 0.3) is 0 Å². The minimum absolute atomic E-state index is 0.130. The SMILES string of the molecule is C=CCN1C(=O)[C@@H]2[C@H](C(=O)NC3CCCC3)[C@]3(C)C=C[C@]2(O3)[C@H]1C(=O)NC1CCCC1. The standard InChI is InChI=1S/C24H33N3O4/c1-3-14-27-19(21(29)26-16-10-6-7-11-16)24-13-12-23(2,31-24)17(18(24)22(27)30)20(28)25-15-8-4-5-9-15/h3,12-13,15-19H,1,4-11,14H2,2H3,(H,25,28)(H,26,29)/t17-,18+,19-,23+,24-/m1/s1. The van der Waals surface area contributed by atoms with E-state index in [1.807, 2.05) is 19.1 Å². The predicted octanol–water partition coefficient (Wildman–Crippen LogP) is 1.83. The number of rotatable bonds is 6. The van der Waals surface area contributed by atoms with Crippen LogP contribution in [0.5, 0.6) is 0 Å². The van der Waals surface area contributed by atoms with Crippen molar-refractivity contribution in [2.24, 2.45) is 11.8 Å². The van der Waals surface area contributed by atoms with E-state index < -0.39 is 29.1 Å². The summed E-state index contributed by atoms with van der Waals surface area (Å²) in [5.41, 5.74) is -1.98. The van der Waals surface area contributed by atoms with Crippen LogP contribution in [-0.2, 0) is 19.1 Å². The minimum Gasteiger partial charge on any atom is -0.356 e. The second-order valence-corrected chi connectivity index (χ2v) is 10.1. The van der Waals surface area contributed by atoms with Crippen LogP contribution in [0.4, 0.5) is 0 Å². The summed E-state index contributed by atoms with van der Waals surface area (Å²) in [4.78, 5) is 42.0. The lowest BCUT2D eigenvalue weighted by atomic mass is 9.70. The first kappa shape index (κ1) is 20.7. The average Bonchev–Trinajstić information content (AvgIpc) is 3.52. The molecule has 31 heavy (non-hydrogen) atoms. The predicted molar refractivity (Wildman–Crippen MR) is 115 cm³/mol. The molecule has 2 N–H and O–H groups in total. The van der Waals surface area contributed by atoms with E-state index in [-0.39, 0.29) is 36.3 Å². The van der Waals surface area contributed by atoms with Crippen molar-refractivity contribution in [1.82, 2.24) is 15.5 Å². The number of nitrogens with one attached hydrogen (secondary N) is 2. The highest BCUT2D eigenvalue weighted by Gasteiger charge is 2.76. The van der Waals surface area contributed by atoms with E-state index in [0.717, 1.165) is 51.4 Å². The van der Waals surface area contributed by atoms with Gasteiger partial charge in [-0.15, -0.1) is 6.58 Å². The minimum atomic E-state index is -1.10. The first-order valence-corrected chi connectivity index (χ1v) is 11.8. The lowest BCUT2D eigenvalue weighted by Gasteiger charge is -2.33. The maximum absolute atomic E-state index is 13.6. The van der Waals surface area contributed by atoms with Crippen molar-refractivity contribution in [3.8, 4) is 0 Å². The normalized spacial score (nSPS) is 39.3. The third-order valence-corrected chi connectivity index (χ3v) is 8.06. The Morgan fingerprint density at radius 1 is 1.10 bits per heavy atom. The van der Waals surface area contributed by atoms with E-state index in [1.165, 1.54) is 0 Å². The number of amides is 3. The van der Waals surface area contributed by atoms with Crippen molar-refractivity contribution >= 4 is 17.7 Å².